The molecule has 2 atom stereocenters. The SMILES string of the molecule is CC(c1ccccc1)C(NC(=O)CCC(=O)c1cc(Br)cs1)C(=O)O. The van der Waals surface area contributed by atoms with E-state index in [4.69, 9.17) is 0 Å². The third-order valence-electron chi connectivity index (χ3n) is 3.83. The molecule has 0 saturated carbocycles. The summed E-state index contributed by atoms with van der Waals surface area (Å²) in [6, 6.07) is 9.81. The second kappa shape index (κ2) is 8.92. The summed E-state index contributed by atoms with van der Waals surface area (Å²) in [4.78, 5) is 36.2. The first kappa shape index (κ1) is 19.3. The fourth-order valence-corrected chi connectivity index (χ4v) is 3.80. The number of Topliss-reactive ketones (excluding diaryl/α,β-unsaturated/α-hetero) is 1. The van der Waals surface area contributed by atoms with Crippen molar-refractivity contribution in [2.45, 2.75) is 31.7 Å². The van der Waals surface area contributed by atoms with E-state index in [9.17, 15) is 19.5 Å². The highest BCUT2D eigenvalue weighted by Gasteiger charge is 2.27. The minimum Gasteiger partial charge on any atom is -0.480 e. The van der Waals surface area contributed by atoms with Crippen molar-refractivity contribution in [2.75, 3.05) is 0 Å². The smallest absolute Gasteiger partial charge is 0.326 e. The Balaban J connectivity index is 1.94. The molecule has 25 heavy (non-hydrogen) atoms. The molecule has 2 rings (SSSR count). The van der Waals surface area contributed by atoms with Crippen molar-refractivity contribution in [3.05, 3.63) is 56.7 Å². The summed E-state index contributed by atoms with van der Waals surface area (Å²) < 4.78 is 0.827. The van der Waals surface area contributed by atoms with Crippen LogP contribution in [-0.2, 0) is 9.59 Å². The Hall–Kier alpha value is -1.99. The minimum absolute atomic E-state index is 0.0420. The molecule has 0 saturated heterocycles. The first-order valence-corrected chi connectivity index (χ1v) is 9.40. The molecule has 0 aliphatic heterocycles. The van der Waals surface area contributed by atoms with Gasteiger partial charge in [0.2, 0.25) is 5.91 Å². The van der Waals surface area contributed by atoms with Crippen LogP contribution in [0.2, 0.25) is 0 Å². The highest BCUT2D eigenvalue weighted by molar-refractivity contribution is 9.10. The number of hydrogen-bond donors (Lipinski definition) is 2. The molecule has 0 aliphatic rings. The Bertz CT molecular complexity index is 759. The van der Waals surface area contributed by atoms with Crippen LogP contribution in [0, 0.1) is 0 Å². The number of ketones is 1. The topological polar surface area (TPSA) is 83.5 Å². The zero-order valence-electron chi connectivity index (χ0n) is 13.6. The highest BCUT2D eigenvalue weighted by Crippen LogP contribution is 2.22. The van der Waals surface area contributed by atoms with E-state index in [1.54, 1.807) is 18.4 Å². The van der Waals surface area contributed by atoms with Gasteiger partial charge in [0.25, 0.3) is 0 Å². The van der Waals surface area contributed by atoms with E-state index < -0.39 is 17.9 Å². The zero-order valence-corrected chi connectivity index (χ0v) is 16.0. The molecular weight excluding hydrogens is 406 g/mol. The monoisotopic (exact) mass is 423 g/mol. The van der Waals surface area contributed by atoms with Crippen molar-refractivity contribution >= 4 is 44.9 Å². The number of thiophene rings is 1. The number of carboxylic acid groups (broad SMARTS) is 1. The second-order valence-corrected chi connectivity index (χ2v) is 7.46. The van der Waals surface area contributed by atoms with Gasteiger partial charge in [-0.05, 0) is 27.6 Å². The number of carbonyl (C=O) groups is 3. The molecule has 0 spiro atoms. The highest BCUT2D eigenvalue weighted by atomic mass is 79.9. The molecule has 0 radical (unpaired) electrons. The number of rotatable bonds is 8. The Morgan fingerprint density at radius 1 is 1.20 bits per heavy atom. The number of amides is 1. The van der Waals surface area contributed by atoms with Crippen LogP contribution in [-0.4, -0.2) is 28.8 Å². The minimum atomic E-state index is -1.10. The van der Waals surface area contributed by atoms with Gasteiger partial charge in [0, 0.05) is 28.6 Å². The van der Waals surface area contributed by atoms with E-state index >= 15 is 0 Å². The predicted octanol–water partition coefficient (Wildman–Crippen LogP) is 3.85. The van der Waals surface area contributed by atoms with Crippen LogP contribution in [0.3, 0.4) is 0 Å². The molecule has 0 fully saturated rings. The summed E-state index contributed by atoms with van der Waals surface area (Å²) in [6.45, 7) is 1.75. The van der Waals surface area contributed by atoms with Crippen molar-refractivity contribution < 1.29 is 19.5 Å². The molecule has 7 heteroatoms. The van der Waals surface area contributed by atoms with Crippen LogP contribution < -0.4 is 5.32 Å². The van der Waals surface area contributed by atoms with Gasteiger partial charge in [0.1, 0.15) is 6.04 Å². The number of aliphatic carboxylic acids is 1. The van der Waals surface area contributed by atoms with Crippen molar-refractivity contribution in [3.8, 4) is 0 Å². The van der Waals surface area contributed by atoms with Gasteiger partial charge in [-0.25, -0.2) is 4.79 Å². The van der Waals surface area contributed by atoms with E-state index in [0.29, 0.717) is 4.88 Å². The number of halogens is 1. The molecule has 2 N–H and O–H groups in total. The zero-order chi connectivity index (χ0) is 18.4. The molecule has 1 amide bonds. The number of benzene rings is 1. The Kier molecular flexibility index (Phi) is 6.90. The van der Waals surface area contributed by atoms with Crippen molar-refractivity contribution in [1.82, 2.24) is 5.32 Å². The average Bonchev–Trinajstić information content (AvgIpc) is 3.04. The lowest BCUT2D eigenvalue weighted by atomic mass is 9.93. The predicted molar refractivity (Wildman–Crippen MR) is 100 cm³/mol. The van der Waals surface area contributed by atoms with Gasteiger partial charge in [-0.1, -0.05) is 37.3 Å². The molecule has 2 unspecified atom stereocenters. The fraction of sp³-hybridized carbons (Fsp3) is 0.278. The lowest BCUT2D eigenvalue weighted by Gasteiger charge is -2.21. The number of nitrogens with one attached hydrogen (secondary N) is 1. The van der Waals surface area contributed by atoms with Crippen LogP contribution in [0.25, 0.3) is 0 Å². The third-order valence-corrected chi connectivity index (χ3v) is 5.56. The normalized spacial score (nSPS) is 13.0. The summed E-state index contributed by atoms with van der Waals surface area (Å²) in [6.07, 6.45) is 0.00445. The van der Waals surface area contributed by atoms with Gasteiger partial charge in [-0.2, -0.15) is 0 Å². The van der Waals surface area contributed by atoms with Gasteiger partial charge in [-0.15, -0.1) is 11.3 Å². The first-order chi connectivity index (χ1) is 11.9. The van der Waals surface area contributed by atoms with Crippen molar-refractivity contribution in [1.29, 1.82) is 0 Å². The van der Waals surface area contributed by atoms with E-state index in [1.807, 2.05) is 30.3 Å². The standard InChI is InChI=1S/C18H18BrNO4S/c1-11(12-5-3-2-4-6-12)17(18(23)24)20-16(22)8-7-14(21)15-9-13(19)10-25-15/h2-6,9-11,17H,7-8H2,1H3,(H,20,22)(H,23,24). The van der Waals surface area contributed by atoms with Crippen LogP contribution >= 0.6 is 27.3 Å². The van der Waals surface area contributed by atoms with Crippen LogP contribution in [0.15, 0.2) is 46.3 Å². The van der Waals surface area contributed by atoms with Crippen molar-refractivity contribution in [3.63, 3.8) is 0 Å². The number of hydrogen-bond acceptors (Lipinski definition) is 4. The van der Waals surface area contributed by atoms with Gasteiger partial charge >= 0.3 is 5.97 Å². The largest absolute Gasteiger partial charge is 0.480 e. The maximum Gasteiger partial charge on any atom is 0.326 e. The Morgan fingerprint density at radius 3 is 2.44 bits per heavy atom. The molecule has 1 heterocycles. The summed E-state index contributed by atoms with van der Waals surface area (Å²) >= 11 is 4.59. The second-order valence-electron chi connectivity index (χ2n) is 5.64. The van der Waals surface area contributed by atoms with Gasteiger partial charge in [0.05, 0.1) is 4.88 Å². The summed E-state index contributed by atoms with van der Waals surface area (Å²) in [5.74, 6) is -2.06. The van der Waals surface area contributed by atoms with E-state index in [-0.39, 0.29) is 24.5 Å². The quantitative estimate of drug-likeness (QED) is 0.631. The van der Waals surface area contributed by atoms with E-state index in [1.165, 1.54) is 11.3 Å². The van der Waals surface area contributed by atoms with Gasteiger partial charge < -0.3 is 10.4 Å². The number of carbonyl (C=O) groups excluding carboxylic acids is 2. The number of carboxylic acids is 1. The first-order valence-electron chi connectivity index (χ1n) is 7.73. The van der Waals surface area contributed by atoms with Crippen LogP contribution in [0.5, 0.6) is 0 Å². The fourth-order valence-electron chi connectivity index (χ4n) is 2.40. The van der Waals surface area contributed by atoms with Crippen molar-refractivity contribution in [2.24, 2.45) is 0 Å². The lowest BCUT2D eigenvalue weighted by Crippen LogP contribution is -2.44. The maximum absolute atomic E-state index is 12.1. The van der Waals surface area contributed by atoms with Gasteiger partial charge in [0.15, 0.2) is 5.78 Å². The van der Waals surface area contributed by atoms with E-state index in [2.05, 4.69) is 21.2 Å². The molecule has 0 aliphatic carbocycles. The Labute approximate surface area is 158 Å². The van der Waals surface area contributed by atoms with E-state index in [0.717, 1.165) is 10.0 Å². The molecule has 2 aromatic rings. The summed E-state index contributed by atoms with van der Waals surface area (Å²) in [5, 5.41) is 13.8. The lowest BCUT2D eigenvalue weighted by molar-refractivity contribution is -0.142. The molecule has 5 nitrogen and oxygen atoms in total. The molecular formula is C18H18BrNO4S. The molecule has 1 aromatic heterocycles. The van der Waals surface area contributed by atoms with Gasteiger partial charge in [-0.3, -0.25) is 9.59 Å². The molecule has 132 valence electrons. The van der Waals surface area contributed by atoms with Crippen LogP contribution in [0.4, 0.5) is 0 Å². The molecule has 0 bridgehead atoms. The maximum atomic E-state index is 12.1. The average molecular weight is 424 g/mol. The molecule has 1 aromatic carbocycles. The third kappa shape index (κ3) is 5.51. The Morgan fingerprint density at radius 2 is 1.88 bits per heavy atom. The van der Waals surface area contributed by atoms with Crippen LogP contribution in [0.1, 0.15) is 40.9 Å². The summed E-state index contributed by atoms with van der Waals surface area (Å²) in [7, 11) is 0. The summed E-state index contributed by atoms with van der Waals surface area (Å²) in [5.41, 5.74) is 0.828.